The number of hydrogen-bond acceptors (Lipinski definition) is 1. The third-order valence-electron chi connectivity index (χ3n) is 2.87. The summed E-state index contributed by atoms with van der Waals surface area (Å²) in [7, 11) is 0. The minimum atomic E-state index is 0.833. The van der Waals surface area contributed by atoms with E-state index in [1.54, 1.807) is 4.90 Å². The second-order valence-electron chi connectivity index (χ2n) is 4.03. The third-order valence-corrected chi connectivity index (χ3v) is 2.87. The number of piperazine rings is 1. The molecular weight excluding hydrogens is 188 g/mol. The first-order chi connectivity index (χ1) is 7.45. The van der Waals surface area contributed by atoms with Crippen LogP contribution in [-0.2, 0) is 0 Å². The highest BCUT2D eigenvalue weighted by atomic mass is 16.5. The molecule has 0 bridgehead atoms. The van der Waals surface area contributed by atoms with Crippen LogP contribution in [0.1, 0.15) is 0 Å². The Hall–Kier alpha value is -1.06. The lowest BCUT2D eigenvalue weighted by Gasteiger charge is -2.22. The normalized spacial score (nSPS) is 17.6. The first-order valence-electron chi connectivity index (χ1n) is 5.78. The van der Waals surface area contributed by atoms with Crippen LogP contribution in [0.4, 0.5) is 0 Å². The minimum Gasteiger partial charge on any atom is -0.488 e. The molecule has 1 aliphatic rings. The average molecular weight is 208 g/mol. The van der Waals surface area contributed by atoms with Crippen LogP contribution in [0, 0.1) is 0 Å². The fourth-order valence-electron chi connectivity index (χ4n) is 1.96. The number of para-hydroxylation sites is 1. The van der Waals surface area contributed by atoms with E-state index in [9.17, 15) is 0 Å². The summed E-state index contributed by atoms with van der Waals surface area (Å²) < 4.78 is 5.68. The molecule has 1 aliphatic heterocycles. The van der Waals surface area contributed by atoms with Gasteiger partial charge in [0.05, 0.1) is 0 Å². The maximum Gasteiger partial charge on any atom is 0.137 e. The number of quaternary nitrogens is 2. The summed E-state index contributed by atoms with van der Waals surface area (Å²) in [4.78, 5) is 1.67. The van der Waals surface area contributed by atoms with Gasteiger partial charge in [-0.1, -0.05) is 18.2 Å². The van der Waals surface area contributed by atoms with Gasteiger partial charge in [0.2, 0.25) is 0 Å². The van der Waals surface area contributed by atoms with E-state index >= 15 is 0 Å². The summed E-state index contributed by atoms with van der Waals surface area (Å²) in [5, 5.41) is 2.39. The Morgan fingerprint density at radius 2 is 1.87 bits per heavy atom. The highest BCUT2D eigenvalue weighted by Gasteiger charge is 2.14. The van der Waals surface area contributed by atoms with E-state index in [0.717, 1.165) is 18.9 Å². The largest absolute Gasteiger partial charge is 0.488 e. The lowest BCUT2D eigenvalue weighted by atomic mass is 10.3. The minimum absolute atomic E-state index is 0.833. The molecule has 82 valence electrons. The highest BCUT2D eigenvalue weighted by molar-refractivity contribution is 5.20. The Kier molecular flexibility index (Phi) is 4.00. The van der Waals surface area contributed by atoms with Crippen molar-refractivity contribution in [2.45, 2.75) is 0 Å². The number of ether oxygens (including phenoxy) is 1. The number of nitrogens with two attached hydrogens (primary N) is 1. The fourth-order valence-corrected chi connectivity index (χ4v) is 1.96. The maximum absolute atomic E-state index is 5.68. The van der Waals surface area contributed by atoms with Gasteiger partial charge in [-0.25, -0.2) is 0 Å². The van der Waals surface area contributed by atoms with Gasteiger partial charge in [-0.2, -0.15) is 0 Å². The van der Waals surface area contributed by atoms with Crippen LogP contribution in [0.15, 0.2) is 30.3 Å². The van der Waals surface area contributed by atoms with Gasteiger partial charge in [0.15, 0.2) is 0 Å². The lowest BCUT2D eigenvalue weighted by molar-refractivity contribution is -0.946. The van der Waals surface area contributed by atoms with Crippen molar-refractivity contribution in [3.63, 3.8) is 0 Å². The predicted octanol–water partition coefficient (Wildman–Crippen LogP) is -1.47. The zero-order valence-electron chi connectivity index (χ0n) is 9.11. The smallest absolute Gasteiger partial charge is 0.137 e. The molecule has 0 unspecified atom stereocenters. The molecule has 3 nitrogen and oxygen atoms in total. The third kappa shape index (κ3) is 3.53. The zero-order valence-corrected chi connectivity index (χ0v) is 9.11. The van der Waals surface area contributed by atoms with Crippen molar-refractivity contribution in [2.75, 3.05) is 39.3 Å². The second-order valence-corrected chi connectivity index (χ2v) is 4.03. The molecule has 1 fully saturated rings. The van der Waals surface area contributed by atoms with Crippen LogP contribution in [0.3, 0.4) is 0 Å². The van der Waals surface area contributed by atoms with Gasteiger partial charge in [0.25, 0.3) is 0 Å². The molecule has 15 heavy (non-hydrogen) atoms. The van der Waals surface area contributed by atoms with E-state index in [0.29, 0.717) is 0 Å². The summed E-state index contributed by atoms with van der Waals surface area (Å²) in [6.45, 7) is 7.04. The Labute approximate surface area is 91.0 Å². The zero-order chi connectivity index (χ0) is 10.3. The molecule has 1 aromatic carbocycles. The molecule has 0 radical (unpaired) electrons. The topological polar surface area (TPSA) is 30.3 Å². The first-order valence-corrected chi connectivity index (χ1v) is 5.78. The van der Waals surface area contributed by atoms with E-state index in [2.05, 4.69) is 5.32 Å². The molecule has 2 rings (SSSR count). The van der Waals surface area contributed by atoms with Gasteiger partial charge in [-0.3, -0.25) is 0 Å². The molecule has 0 aliphatic carbocycles. The molecule has 1 saturated heterocycles. The number of rotatable bonds is 4. The van der Waals surface area contributed by atoms with Crippen LogP contribution < -0.4 is 15.0 Å². The van der Waals surface area contributed by atoms with Crippen LogP contribution in [0.5, 0.6) is 5.75 Å². The first kappa shape index (κ1) is 10.5. The Bertz CT molecular complexity index is 270. The van der Waals surface area contributed by atoms with E-state index in [-0.39, 0.29) is 0 Å². The van der Waals surface area contributed by atoms with Crippen molar-refractivity contribution in [1.82, 2.24) is 0 Å². The molecule has 3 heteroatoms. The van der Waals surface area contributed by atoms with Crippen LogP contribution in [0.25, 0.3) is 0 Å². The average Bonchev–Trinajstić information content (AvgIpc) is 2.32. The van der Waals surface area contributed by atoms with E-state index in [1.165, 1.54) is 26.2 Å². The lowest BCUT2D eigenvalue weighted by Crippen LogP contribution is -3.20. The van der Waals surface area contributed by atoms with E-state index < -0.39 is 0 Å². The SMILES string of the molecule is c1ccc(OCC[NH+]2CC[NH2+]CC2)cc1. The van der Waals surface area contributed by atoms with Gasteiger partial charge < -0.3 is 15.0 Å². The number of nitrogens with one attached hydrogen (secondary N) is 1. The number of benzene rings is 1. The van der Waals surface area contributed by atoms with Crippen LogP contribution in [-0.4, -0.2) is 39.3 Å². The van der Waals surface area contributed by atoms with Crippen molar-refractivity contribution < 1.29 is 15.0 Å². The molecule has 0 atom stereocenters. The van der Waals surface area contributed by atoms with Crippen molar-refractivity contribution in [2.24, 2.45) is 0 Å². The predicted molar refractivity (Wildman–Crippen MR) is 59.2 cm³/mol. The number of hydrogen-bond donors (Lipinski definition) is 2. The Morgan fingerprint density at radius 1 is 1.13 bits per heavy atom. The highest BCUT2D eigenvalue weighted by Crippen LogP contribution is 2.06. The van der Waals surface area contributed by atoms with Crippen LogP contribution >= 0.6 is 0 Å². The molecule has 3 N–H and O–H groups in total. The van der Waals surface area contributed by atoms with Gasteiger partial charge in [-0.15, -0.1) is 0 Å². The molecule has 0 amide bonds. The summed E-state index contributed by atoms with van der Waals surface area (Å²) in [5.41, 5.74) is 0. The van der Waals surface area contributed by atoms with Gasteiger partial charge >= 0.3 is 0 Å². The molecule has 0 saturated carbocycles. The summed E-state index contributed by atoms with van der Waals surface area (Å²) in [6.07, 6.45) is 0. The second kappa shape index (κ2) is 5.73. The molecule has 0 aromatic heterocycles. The monoisotopic (exact) mass is 208 g/mol. The summed E-state index contributed by atoms with van der Waals surface area (Å²) in [5.74, 6) is 0.987. The van der Waals surface area contributed by atoms with Crippen molar-refractivity contribution in [1.29, 1.82) is 0 Å². The molecule has 1 aromatic rings. The Balaban J connectivity index is 1.66. The quantitative estimate of drug-likeness (QED) is 0.621. The summed E-state index contributed by atoms with van der Waals surface area (Å²) >= 11 is 0. The van der Waals surface area contributed by atoms with Crippen molar-refractivity contribution >= 4 is 0 Å². The maximum atomic E-state index is 5.68. The van der Waals surface area contributed by atoms with Crippen LogP contribution in [0.2, 0.25) is 0 Å². The fraction of sp³-hybridized carbons (Fsp3) is 0.500. The van der Waals surface area contributed by atoms with Crippen molar-refractivity contribution in [3.8, 4) is 5.75 Å². The summed E-state index contributed by atoms with van der Waals surface area (Å²) in [6, 6.07) is 10.1. The van der Waals surface area contributed by atoms with E-state index in [1.807, 2.05) is 30.3 Å². The standard InChI is InChI=1S/C12H18N2O/c1-2-4-12(5-3-1)15-11-10-14-8-6-13-7-9-14/h1-5,13H,6-11H2/p+2. The van der Waals surface area contributed by atoms with Gasteiger partial charge in [0.1, 0.15) is 45.1 Å². The van der Waals surface area contributed by atoms with Gasteiger partial charge in [-0.05, 0) is 12.1 Å². The Morgan fingerprint density at radius 3 is 2.60 bits per heavy atom. The van der Waals surface area contributed by atoms with E-state index in [4.69, 9.17) is 4.74 Å². The molecular formula is C12H20N2O+2. The van der Waals surface area contributed by atoms with Gasteiger partial charge in [0, 0.05) is 0 Å². The molecule has 1 heterocycles. The van der Waals surface area contributed by atoms with Crippen molar-refractivity contribution in [3.05, 3.63) is 30.3 Å². The molecule has 0 spiro atoms.